The van der Waals surface area contributed by atoms with Crippen LogP contribution in [0.1, 0.15) is 11.4 Å². The van der Waals surface area contributed by atoms with E-state index in [1.807, 2.05) is 25.2 Å². The molecule has 0 aliphatic carbocycles. The van der Waals surface area contributed by atoms with Crippen LogP contribution in [-0.4, -0.2) is 27.9 Å². The highest BCUT2D eigenvalue weighted by atomic mass is 16.5. The molecule has 0 aliphatic rings. The molecule has 19 heavy (non-hydrogen) atoms. The molecule has 102 valence electrons. The van der Waals surface area contributed by atoms with E-state index in [4.69, 9.17) is 10.6 Å². The second-order valence-electron chi connectivity index (χ2n) is 4.42. The first kappa shape index (κ1) is 13.5. The van der Waals surface area contributed by atoms with Crippen LogP contribution in [0.3, 0.4) is 0 Å². The lowest BCUT2D eigenvalue weighted by Gasteiger charge is -2.15. The third-order valence-electron chi connectivity index (χ3n) is 3.09. The molecule has 1 aromatic carbocycles. The molecule has 6 heteroatoms. The lowest BCUT2D eigenvalue weighted by Crippen LogP contribution is -2.39. The maximum atomic E-state index is 5.62. The summed E-state index contributed by atoms with van der Waals surface area (Å²) in [5, 5.41) is 4.06. The van der Waals surface area contributed by atoms with Gasteiger partial charge in [0, 0.05) is 19.5 Å². The zero-order valence-electron chi connectivity index (χ0n) is 11.2. The van der Waals surface area contributed by atoms with E-state index in [1.165, 1.54) is 5.56 Å². The van der Waals surface area contributed by atoms with E-state index in [9.17, 15) is 0 Å². The van der Waals surface area contributed by atoms with Crippen molar-refractivity contribution in [1.82, 2.24) is 20.2 Å². The predicted molar refractivity (Wildman–Crippen MR) is 72.5 cm³/mol. The molecule has 0 spiro atoms. The molecule has 1 heterocycles. The van der Waals surface area contributed by atoms with Crippen LogP contribution >= 0.6 is 0 Å². The van der Waals surface area contributed by atoms with Crippen LogP contribution < -0.4 is 16.0 Å². The Labute approximate surface area is 112 Å². The first-order chi connectivity index (χ1) is 9.22. The molecule has 2 aromatic rings. The SMILES string of the molecule is COc1cccc(CC(Cc2ncnn2C)NN)c1. The van der Waals surface area contributed by atoms with Crippen LogP contribution in [0.4, 0.5) is 0 Å². The van der Waals surface area contributed by atoms with Crippen molar-refractivity contribution < 1.29 is 4.74 Å². The number of ether oxygens (including phenoxy) is 1. The van der Waals surface area contributed by atoms with Crippen molar-refractivity contribution in [1.29, 1.82) is 0 Å². The Morgan fingerprint density at radius 2 is 2.26 bits per heavy atom. The molecule has 0 saturated carbocycles. The van der Waals surface area contributed by atoms with Crippen molar-refractivity contribution in [3.8, 4) is 5.75 Å². The number of aryl methyl sites for hydroxylation is 1. The average Bonchev–Trinajstić information content (AvgIpc) is 2.83. The minimum Gasteiger partial charge on any atom is -0.497 e. The summed E-state index contributed by atoms with van der Waals surface area (Å²) < 4.78 is 6.98. The zero-order valence-corrected chi connectivity index (χ0v) is 11.2. The van der Waals surface area contributed by atoms with Gasteiger partial charge >= 0.3 is 0 Å². The van der Waals surface area contributed by atoms with Gasteiger partial charge in [-0.15, -0.1) is 0 Å². The van der Waals surface area contributed by atoms with Crippen molar-refractivity contribution >= 4 is 0 Å². The lowest BCUT2D eigenvalue weighted by molar-refractivity contribution is 0.413. The van der Waals surface area contributed by atoms with Gasteiger partial charge in [-0.1, -0.05) is 12.1 Å². The summed E-state index contributed by atoms with van der Waals surface area (Å²) in [7, 11) is 3.54. The van der Waals surface area contributed by atoms with E-state index in [2.05, 4.69) is 21.6 Å². The summed E-state index contributed by atoms with van der Waals surface area (Å²) in [4.78, 5) is 4.21. The number of hydrazine groups is 1. The number of nitrogens with two attached hydrogens (primary N) is 1. The van der Waals surface area contributed by atoms with E-state index in [0.29, 0.717) is 0 Å². The molecular formula is C13H19N5O. The van der Waals surface area contributed by atoms with Crippen molar-refractivity contribution in [2.45, 2.75) is 18.9 Å². The van der Waals surface area contributed by atoms with Crippen molar-refractivity contribution in [3.63, 3.8) is 0 Å². The predicted octanol–water partition coefficient (Wildman–Crippen LogP) is 0.441. The normalized spacial score (nSPS) is 12.4. The Morgan fingerprint density at radius 1 is 1.42 bits per heavy atom. The monoisotopic (exact) mass is 261 g/mol. The molecule has 0 fully saturated rings. The van der Waals surface area contributed by atoms with Crippen molar-refractivity contribution in [3.05, 3.63) is 42.0 Å². The number of rotatable bonds is 6. The molecule has 3 N–H and O–H groups in total. The standard InChI is InChI=1S/C13H19N5O/c1-18-13(15-9-16-18)8-11(17-14)6-10-4-3-5-12(7-10)19-2/h3-5,7,9,11,17H,6,8,14H2,1-2H3. The van der Waals surface area contributed by atoms with Crippen LogP contribution in [-0.2, 0) is 19.9 Å². The molecule has 0 bridgehead atoms. The van der Waals surface area contributed by atoms with Crippen molar-refractivity contribution in [2.24, 2.45) is 12.9 Å². The lowest BCUT2D eigenvalue weighted by atomic mass is 10.0. The third-order valence-corrected chi connectivity index (χ3v) is 3.09. The summed E-state index contributed by atoms with van der Waals surface area (Å²) >= 11 is 0. The van der Waals surface area contributed by atoms with Crippen LogP contribution in [0.15, 0.2) is 30.6 Å². The average molecular weight is 261 g/mol. The molecule has 0 saturated heterocycles. The van der Waals surface area contributed by atoms with E-state index in [1.54, 1.807) is 18.1 Å². The fraction of sp³-hybridized carbons (Fsp3) is 0.385. The van der Waals surface area contributed by atoms with Gasteiger partial charge in [-0.2, -0.15) is 5.10 Å². The Morgan fingerprint density at radius 3 is 2.89 bits per heavy atom. The fourth-order valence-electron chi connectivity index (χ4n) is 2.00. The van der Waals surface area contributed by atoms with Gasteiger partial charge in [0.05, 0.1) is 7.11 Å². The Hall–Kier alpha value is -1.92. The summed E-state index contributed by atoms with van der Waals surface area (Å²) in [5.41, 5.74) is 4.00. The number of methoxy groups -OCH3 is 1. The molecule has 0 aliphatic heterocycles. The van der Waals surface area contributed by atoms with Crippen LogP contribution in [0.2, 0.25) is 0 Å². The quantitative estimate of drug-likeness (QED) is 0.583. The first-order valence-electron chi connectivity index (χ1n) is 6.15. The number of nitrogens with zero attached hydrogens (tertiary/aromatic N) is 3. The number of nitrogens with one attached hydrogen (secondary N) is 1. The summed E-state index contributed by atoms with van der Waals surface area (Å²) in [5.74, 6) is 7.38. The van der Waals surface area contributed by atoms with Crippen LogP contribution in [0, 0.1) is 0 Å². The molecule has 1 aromatic heterocycles. The first-order valence-corrected chi connectivity index (χ1v) is 6.15. The second kappa shape index (κ2) is 6.31. The highest BCUT2D eigenvalue weighted by Crippen LogP contribution is 2.14. The van der Waals surface area contributed by atoms with Gasteiger partial charge < -0.3 is 4.74 Å². The zero-order chi connectivity index (χ0) is 13.7. The molecule has 2 rings (SSSR count). The van der Waals surface area contributed by atoms with E-state index in [-0.39, 0.29) is 6.04 Å². The molecular weight excluding hydrogens is 242 g/mol. The van der Waals surface area contributed by atoms with Crippen LogP contribution in [0.5, 0.6) is 5.75 Å². The van der Waals surface area contributed by atoms with Gasteiger partial charge in [-0.3, -0.25) is 16.0 Å². The maximum absolute atomic E-state index is 5.62. The molecule has 0 radical (unpaired) electrons. The smallest absolute Gasteiger partial charge is 0.138 e. The minimum atomic E-state index is 0.106. The summed E-state index contributed by atoms with van der Waals surface area (Å²) in [6.07, 6.45) is 3.08. The van der Waals surface area contributed by atoms with Crippen molar-refractivity contribution in [2.75, 3.05) is 7.11 Å². The van der Waals surface area contributed by atoms with Gasteiger partial charge in [-0.25, -0.2) is 4.98 Å². The fourth-order valence-corrected chi connectivity index (χ4v) is 2.00. The van der Waals surface area contributed by atoms with Gasteiger partial charge in [0.15, 0.2) is 0 Å². The molecule has 1 unspecified atom stereocenters. The second-order valence-corrected chi connectivity index (χ2v) is 4.42. The third kappa shape index (κ3) is 3.52. The summed E-state index contributed by atoms with van der Waals surface area (Å²) in [6.45, 7) is 0. The van der Waals surface area contributed by atoms with Crippen LogP contribution in [0.25, 0.3) is 0 Å². The molecule has 6 nitrogen and oxygen atoms in total. The van der Waals surface area contributed by atoms with E-state index < -0.39 is 0 Å². The highest BCUT2D eigenvalue weighted by molar-refractivity contribution is 5.29. The van der Waals surface area contributed by atoms with Gasteiger partial charge in [0.1, 0.15) is 17.9 Å². The summed E-state index contributed by atoms with van der Waals surface area (Å²) in [6, 6.07) is 8.08. The van der Waals surface area contributed by atoms with E-state index >= 15 is 0 Å². The Kier molecular flexibility index (Phi) is 4.48. The van der Waals surface area contributed by atoms with Gasteiger partial charge in [0.25, 0.3) is 0 Å². The number of benzene rings is 1. The number of hydrogen-bond acceptors (Lipinski definition) is 5. The topological polar surface area (TPSA) is 78.0 Å². The number of hydrogen-bond donors (Lipinski definition) is 2. The van der Waals surface area contributed by atoms with E-state index in [0.717, 1.165) is 24.4 Å². The minimum absolute atomic E-state index is 0.106. The van der Waals surface area contributed by atoms with Gasteiger partial charge in [0.2, 0.25) is 0 Å². The Balaban J connectivity index is 2.04. The number of aromatic nitrogens is 3. The molecule has 1 atom stereocenters. The largest absolute Gasteiger partial charge is 0.497 e. The molecule has 0 amide bonds. The van der Waals surface area contributed by atoms with Gasteiger partial charge in [-0.05, 0) is 24.1 Å². The highest BCUT2D eigenvalue weighted by Gasteiger charge is 2.12. The Bertz CT molecular complexity index is 525. The maximum Gasteiger partial charge on any atom is 0.138 e.